The van der Waals surface area contributed by atoms with Crippen LogP contribution in [0.25, 0.3) is 0 Å². The molecule has 1 aliphatic rings. The molecule has 72 valence electrons. The van der Waals surface area contributed by atoms with E-state index in [1.54, 1.807) is 6.08 Å². The van der Waals surface area contributed by atoms with Gasteiger partial charge in [-0.25, -0.2) is 0 Å². The first-order chi connectivity index (χ1) is 6.25. The molecule has 1 aliphatic carbocycles. The van der Waals surface area contributed by atoms with Gasteiger partial charge in [0.05, 0.1) is 0 Å². The largest absolute Gasteiger partial charge is 0.385 e. The van der Waals surface area contributed by atoms with Gasteiger partial charge in [0.2, 0.25) is 0 Å². The summed E-state index contributed by atoms with van der Waals surface area (Å²) in [5.74, 6) is 0. The van der Waals surface area contributed by atoms with E-state index in [0.29, 0.717) is 6.61 Å². The van der Waals surface area contributed by atoms with Crippen molar-refractivity contribution >= 4 is 0 Å². The minimum atomic E-state index is -0.655. The molecule has 2 nitrogen and oxygen atoms in total. The third-order valence-electron chi connectivity index (χ3n) is 2.04. The van der Waals surface area contributed by atoms with Crippen molar-refractivity contribution in [3.63, 3.8) is 0 Å². The van der Waals surface area contributed by atoms with E-state index in [1.165, 1.54) is 0 Å². The predicted molar refractivity (Wildman–Crippen MR) is 53.5 cm³/mol. The molecule has 0 aromatic rings. The summed E-state index contributed by atoms with van der Waals surface area (Å²) in [5.41, 5.74) is -0.655. The zero-order valence-corrected chi connectivity index (χ0v) is 8.10. The monoisotopic (exact) mass is 180 g/mol. The van der Waals surface area contributed by atoms with Crippen molar-refractivity contribution in [2.45, 2.75) is 25.6 Å². The molecule has 0 radical (unpaired) electrons. The molecule has 0 amide bonds. The maximum atomic E-state index is 9.77. The highest BCUT2D eigenvalue weighted by Crippen LogP contribution is 2.24. The Morgan fingerprint density at radius 2 is 2.31 bits per heavy atom. The molecule has 2 heteroatoms. The van der Waals surface area contributed by atoms with Gasteiger partial charge in [0.25, 0.3) is 0 Å². The van der Waals surface area contributed by atoms with Crippen molar-refractivity contribution in [1.82, 2.24) is 0 Å². The Balaban J connectivity index is 2.88. The summed E-state index contributed by atoms with van der Waals surface area (Å²) in [5, 5.41) is 9.77. The van der Waals surface area contributed by atoms with Crippen LogP contribution in [0.3, 0.4) is 0 Å². The van der Waals surface area contributed by atoms with Crippen LogP contribution in [0.15, 0.2) is 36.5 Å². The summed E-state index contributed by atoms with van der Waals surface area (Å²) in [4.78, 5) is 0. The number of allylic oxidation sites excluding steroid dienone is 3. The van der Waals surface area contributed by atoms with Crippen molar-refractivity contribution < 1.29 is 9.84 Å². The zero-order chi connectivity index (χ0) is 9.73. The van der Waals surface area contributed by atoms with E-state index in [1.807, 2.05) is 44.2 Å². The fourth-order valence-corrected chi connectivity index (χ4v) is 1.47. The number of ether oxygens (including phenoxy) is 1. The van der Waals surface area contributed by atoms with Gasteiger partial charge in [0, 0.05) is 6.61 Å². The summed E-state index contributed by atoms with van der Waals surface area (Å²) in [6.45, 7) is 4.42. The molecule has 0 saturated carbocycles. The van der Waals surface area contributed by atoms with Gasteiger partial charge in [-0.3, -0.25) is 0 Å². The maximum Gasteiger partial charge on any atom is 0.134 e. The number of rotatable bonds is 3. The smallest absolute Gasteiger partial charge is 0.134 e. The van der Waals surface area contributed by atoms with Gasteiger partial charge < -0.3 is 9.84 Å². The SMILES string of the molecule is C/C=C\C1(OCC)C=CC=CC1O. The van der Waals surface area contributed by atoms with Crippen molar-refractivity contribution in [3.8, 4) is 0 Å². The Hall–Kier alpha value is -0.860. The van der Waals surface area contributed by atoms with Crippen LogP contribution in [0, 0.1) is 0 Å². The minimum Gasteiger partial charge on any atom is -0.385 e. The summed E-state index contributed by atoms with van der Waals surface area (Å²) >= 11 is 0. The first kappa shape index (κ1) is 10.2. The molecule has 2 atom stereocenters. The molecule has 0 saturated heterocycles. The quantitative estimate of drug-likeness (QED) is 0.671. The summed E-state index contributed by atoms with van der Waals surface area (Å²) in [7, 11) is 0. The second-order valence-electron chi connectivity index (χ2n) is 2.98. The molecule has 0 spiro atoms. The van der Waals surface area contributed by atoms with E-state index >= 15 is 0 Å². The molecule has 0 aromatic heterocycles. The third kappa shape index (κ3) is 2.08. The lowest BCUT2D eigenvalue weighted by Crippen LogP contribution is -2.41. The van der Waals surface area contributed by atoms with Gasteiger partial charge in [-0.15, -0.1) is 0 Å². The average Bonchev–Trinajstić information content (AvgIpc) is 2.11. The Morgan fingerprint density at radius 1 is 1.54 bits per heavy atom. The van der Waals surface area contributed by atoms with Gasteiger partial charge in [0.1, 0.15) is 11.7 Å². The van der Waals surface area contributed by atoms with Gasteiger partial charge >= 0.3 is 0 Å². The number of hydrogen-bond donors (Lipinski definition) is 1. The molecular formula is C11H16O2. The van der Waals surface area contributed by atoms with Crippen molar-refractivity contribution in [2.75, 3.05) is 6.61 Å². The Bertz CT molecular complexity index is 240. The fraction of sp³-hybridized carbons (Fsp3) is 0.455. The van der Waals surface area contributed by atoms with E-state index in [0.717, 1.165) is 0 Å². The molecule has 2 unspecified atom stereocenters. The second kappa shape index (κ2) is 4.40. The van der Waals surface area contributed by atoms with Gasteiger partial charge in [0.15, 0.2) is 0 Å². The lowest BCUT2D eigenvalue weighted by molar-refractivity contribution is -0.0378. The lowest BCUT2D eigenvalue weighted by Gasteiger charge is -2.32. The maximum absolute atomic E-state index is 9.77. The van der Waals surface area contributed by atoms with Crippen molar-refractivity contribution in [1.29, 1.82) is 0 Å². The van der Waals surface area contributed by atoms with Crippen LogP contribution in [0.4, 0.5) is 0 Å². The molecule has 1 N–H and O–H groups in total. The zero-order valence-electron chi connectivity index (χ0n) is 8.10. The molecular weight excluding hydrogens is 164 g/mol. The topological polar surface area (TPSA) is 29.5 Å². The standard InChI is InChI=1S/C11H16O2/c1-3-8-11(13-4-2)9-6-5-7-10(11)12/h3,5-10,12H,4H2,1-2H3/b8-3-. The first-order valence-electron chi connectivity index (χ1n) is 4.57. The molecule has 0 heterocycles. The van der Waals surface area contributed by atoms with Crippen LogP contribution in [-0.4, -0.2) is 23.4 Å². The van der Waals surface area contributed by atoms with E-state index in [2.05, 4.69) is 0 Å². The van der Waals surface area contributed by atoms with Crippen LogP contribution in [0.5, 0.6) is 0 Å². The molecule has 1 rings (SSSR count). The van der Waals surface area contributed by atoms with Crippen LogP contribution < -0.4 is 0 Å². The Labute approximate surface area is 79.2 Å². The van der Waals surface area contributed by atoms with Gasteiger partial charge in [-0.2, -0.15) is 0 Å². The van der Waals surface area contributed by atoms with E-state index < -0.39 is 11.7 Å². The molecule has 0 aliphatic heterocycles. The van der Waals surface area contributed by atoms with Gasteiger partial charge in [-0.05, 0) is 19.9 Å². The summed E-state index contributed by atoms with van der Waals surface area (Å²) in [6, 6.07) is 0. The molecule has 0 aromatic carbocycles. The van der Waals surface area contributed by atoms with Crippen LogP contribution in [0.1, 0.15) is 13.8 Å². The Morgan fingerprint density at radius 3 is 2.85 bits per heavy atom. The summed E-state index contributed by atoms with van der Waals surface area (Å²) < 4.78 is 5.55. The third-order valence-corrected chi connectivity index (χ3v) is 2.04. The van der Waals surface area contributed by atoms with Crippen LogP contribution in [-0.2, 0) is 4.74 Å². The van der Waals surface area contributed by atoms with Crippen molar-refractivity contribution in [3.05, 3.63) is 36.5 Å². The van der Waals surface area contributed by atoms with Crippen molar-refractivity contribution in [2.24, 2.45) is 0 Å². The summed E-state index contributed by atoms with van der Waals surface area (Å²) in [6.07, 6.45) is 10.5. The van der Waals surface area contributed by atoms with Crippen LogP contribution >= 0.6 is 0 Å². The lowest BCUT2D eigenvalue weighted by atomic mass is 9.91. The van der Waals surface area contributed by atoms with Gasteiger partial charge in [-0.1, -0.05) is 30.4 Å². The average molecular weight is 180 g/mol. The van der Waals surface area contributed by atoms with E-state index in [4.69, 9.17) is 4.74 Å². The second-order valence-corrected chi connectivity index (χ2v) is 2.98. The Kier molecular flexibility index (Phi) is 3.46. The number of aliphatic hydroxyl groups excluding tert-OH is 1. The fourth-order valence-electron chi connectivity index (χ4n) is 1.47. The molecule has 0 bridgehead atoms. The highest BCUT2D eigenvalue weighted by atomic mass is 16.5. The number of aliphatic hydroxyl groups is 1. The first-order valence-corrected chi connectivity index (χ1v) is 4.57. The normalized spacial score (nSPS) is 33.0. The number of hydrogen-bond acceptors (Lipinski definition) is 2. The molecule has 13 heavy (non-hydrogen) atoms. The molecule has 0 fully saturated rings. The van der Waals surface area contributed by atoms with Crippen LogP contribution in [0.2, 0.25) is 0 Å². The van der Waals surface area contributed by atoms with E-state index in [9.17, 15) is 5.11 Å². The highest BCUT2D eigenvalue weighted by molar-refractivity contribution is 5.29. The highest BCUT2D eigenvalue weighted by Gasteiger charge is 2.32. The van der Waals surface area contributed by atoms with E-state index in [-0.39, 0.29) is 0 Å². The predicted octanol–water partition coefficient (Wildman–Crippen LogP) is 1.82. The minimum absolute atomic E-state index is 0.583.